The molecule has 6 nitrogen and oxygen atoms in total. The third kappa shape index (κ3) is 4.80. The zero-order valence-corrected chi connectivity index (χ0v) is 19.1. The van der Waals surface area contributed by atoms with Gasteiger partial charge in [-0.3, -0.25) is 14.5 Å². The van der Waals surface area contributed by atoms with Crippen LogP contribution in [0.1, 0.15) is 55.5 Å². The highest BCUT2D eigenvalue weighted by Gasteiger charge is 2.31. The maximum atomic E-state index is 13.0. The van der Waals surface area contributed by atoms with Crippen molar-refractivity contribution in [2.45, 2.75) is 45.6 Å². The SMILES string of the molecule is CC(C)c1ccccc1NC(=O)[C@@H](C)N1CCC(C(=O)c2ccc3c(c2)OCCO3)CC1. The van der Waals surface area contributed by atoms with Crippen molar-refractivity contribution in [3.63, 3.8) is 0 Å². The maximum absolute atomic E-state index is 13.0. The Kier molecular flexibility index (Phi) is 6.80. The van der Waals surface area contributed by atoms with Gasteiger partial charge in [-0.25, -0.2) is 0 Å². The number of likely N-dealkylation sites (tertiary alicyclic amines) is 1. The van der Waals surface area contributed by atoms with Crippen molar-refractivity contribution in [2.75, 3.05) is 31.6 Å². The lowest BCUT2D eigenvalue weighted by atomic mass is 9.88. The smallest absolute Gasteiger partial charge is 0.241 e. The normalized spacial score (nSPS) is 17.8. The molecule has 170 valence electrons. The molecule has 0 spiro atoms. The molecule has 0 unspecified atom stereocenters. The molecule has 32 heavy (non-hydrogen) atoms. The summed E-state index contributed by atoms with van der Waals surface area (Å²) in [5.41, 5.74) is 2.68. The van der Waals surface area contributed by atoms with Gasteiger partial charge in [0.1, 0.15) is 13.2 Å². The molecule has 2 heterocycles. The molecule has 0 aromatic heterocycles. The molecule has 2 aliphatic rings. The first-order valence-electron chi connectivity index (χ1n) is 11.5. The Hall–Kier alpha value is -2.86. The monoisotopic (exact) mass is 436 g/mol. The zero-order valence-electron chi connectivity index (χ0n) is 19.1. The molecule has 0 aliphatic carbocycles. The van der Waals surface area contributed by atoms with E-state index in [0.29, 0.717) is 36.2 Å². The Morgan fingerprint density at radius 1 is 0.969 bits per heavy atom. The van der Waals surface area contributed by atoms with Gasteiger partial charge in [0.15, 0.2) is 17.3 Å². The topological polar surface area (TPSA) is 67.9 Å². The highest BCUT2D eigenvalue weighted by atomic mass is 16.6. The van der Waals surface area contributed by atoms with Crippen LogP contribution in [0.25, 0.3) is 0 Å². The Morgan fingerprint density at radius 2 is 1.66 bits per heavy atom. The average molecular weight is 437 g/mol. The number of hydrogen-bond acceptors (Lipinski definition) is 5. The van der Waals surface area contributed by atoms with Gasteiger partial charge in [-0.1, -0.05) is 32.0 Å². The number of ether oxygens (including phenoxy) is 2. The number of carbonyl (C=O) groups is 2. The van der Waals surface area contributed by atoms with E-state index in [2.05, 4.69) is 30.1 Å². The predicted molar refractivity (Wildman–Crippen MR) is 125 cm³/mol. The van der Waals surface area contributed by atoms with Crippen LogP contribution < -0.4 is 14.8 Å². The van der Waals surface area contributed by atoms with Crippen LogP contribution in [0, 0.1) is 5.92 Å². The van der Waals surface area contributed by atoms with Gasteiger partial charge in [0.25, 0.3) is 0 Å². The first kappa shape index (κ1) is 22.3. The zero-order chi connectivity index (χ0) is 22.7. The summed E-state index contributed by atoms with van der Waals surface area (Å²) >= 11 is 0. The first-order chi connectivity index (χ1) is 15.4. The number of ketones is 1. The minimum atomic E-state index is -0.249. The van der Waals surface area contributed by atoms with Crippen LogP contribution in [0.3, 0.4) is 0 Å². The number of benzene rings is 2. The summed E-state index contributed by atoms with van der Waals surface area (Å²) in [7, 11) is 0. The van der Waals surface area contributed by atoms with Gasteiger partial charge in [-0.2, -0.15) is 0 Å². The van der Waals surface area contributed by atoms with E-state index < -0.39 is 0 Å². The molecule has 1 atom stereocenters. The van der Waals surface area contributed by atoms with Gasteiger partial charge in [0.2, 0.25) is 5.91 Å². The van der Waals surface area contributed by atoms with E-state index in [0.717, 1.165) is 37.2 Å². The van der Waals surface area contributed by atoms with E-state index in [1.165, 1.54) is 0 Å². The first-order valence-corrected chi connectivity index (χ1v) is 11.5. The van der Waals surface area contributed by atoms with Crippen molar-refractivity contribution >= 4 is 17.4 Å². The molecule has 0 bridgehead atoms. The number of hydrogen-bond donors (Lipinski definition) is 1. The Bertz CT molecular complexity index is 980. The van der Waals surface area contributed by atoms with E-state index >= 15 is 0 Å². The number of Topliss-reactive ketones (excluding diaryl/α,β-unsaturated/α-hetero) is 1. The van der Waals surface area contributed by atoms with Crippen LogP contribution in [0.2, 0.25) is 0 Å². The number of carbonyl (C=O) groups excluding carboxylic acids is 2. The van der Waals surface area contributed by atoms with Gasteiger partial charge in [0.05, 0.1) is 6.04 Å². The highest BCUT2D eigenvalue weighted by Crippen LogP contribution is 2.33. The van der Waals surface area contributed by atoms with Crippen LogP contribution in [0.4, 0.5) is 5.69 Å². The van der Waals surface area contributed by atoms with Crippen LogP contribution in [0.5, 0.6) is 11.5 Å². The fourth-order valence-electron chi connectivity index (χ4n) is 4.50. The van der Waals surface area contributed by atoms with Crippen molar-refractivity contribution in [1.82, 2.24) is 4.90 Å². The Balaban J connectivity index is 1.34. The van der Waals surface area contributed by atoms with Crippen LogP contribution in [0.15, 0.2) is 42.5 Å². The molecule has 1 saturated heterocycles. The molecule has 0 radical (unpaired) electrons. The lowest BCUT2D eigenvalue weighted by Gasteiger charge is -2.35. The molecule has 2 aromatic carbocycles. The largest absolute Gasteiger partial charge is 0.486 e. The number of anilines is 1. The summed E-state index contributed by atoms with van der Waals surface area (Å²) in [4.78, 5) is 28.1. The molecule has 6 heteroatoms. The van der Waals surface area contributed by atoms with E-state index in [-0.39, 0.29) is 23.7 Å². The summed E-state index contributed by atoms with van der Waals surface area (Å²) in [6.45, 7) is 8.67. The van der Waals surface area contributed by atoms with E-state index in [1.54, 1.807) is 6.07 Å². The molecule has 1 amide bonds. The Labute approximate surface area is 189 Å². The van der Waals surface area contributed by atoms with Crippen LogP contribution >= 0.6 is 0 Å². The van der Waals surface area contributed by atoms with Crippen molar-refractivity contribution in [3.8, 4) is 11.5 Å². The lowest BCUT2D eigenvalue weighted by molar-refractivity contribution is -0.121. The second kappa shape index (κ2) is 9.74. The summed E-state index contributed by atoms with van der Waals surface area (Å²) in [6.07, 6.45) is 1.49. The number of amides is 1. The highest BCUT2D eigenvalue weighted by molar-refractivity contribution is 5.98. The number of nitrogens with one attached hydrogen (secondary N) is 1. The van der Waals surface area contributed by atoms with Gasteiger partial charge < -0.3 is 14.8 Å². The molecular formula is C26H32N2O4. The molecule has 2 aromatic rings. The van der Waals surface area contributed by atoms with Gasteiger partial charge >= 0.3 is 0 Å². The van der Waals surface area contributed by atoms with Gasteiger partial charge in [0, 0.05) is 17.2 Å². The number of fused-ring (bicyclic) bond motifs is 1. The van der Waals surface area contributed by atoms with Crippen LogP contribution in [-0.2, 0) is 4.79 Å². The molecular weight excluding hydrogens is 404 g/mol. The van der Waals surface area contributed by atoms with E-state index in [4.69, 9.17) is 9.47 Å². The molecule has 4 rings (SSSR count). The number of rotatable bonds is 6. The second-order valence-electron chi connectivity index (χ2n) is 8.94. The lowest BCUT2D eigenvalue weighted by Crippen LogP contribution is -2.47. The van der Waals surface area contributed by atoms with Crippen molar-refractivity contribution in [3.05, 3.63) is 53.6 Å². The van der Waals surface area contributed by atoms with E-state index in [9.17, 15) is 9.59 Å². The van der Waals surface area contributed by atoms with Gasteiger partial charge in [-0.15, -0.1) is 0 Å². The molecule has 1 N–H and O–H groups in total. The number of nitrogens with zero attached hydrogens (tertiary/aromatic N) is 1. The van der Waals surface area contributed by atoms with Crippen molar-refractivity contribution < 1.29 is 19.1 Å². The van der Waals surface area contributed by atoms with Crippen LogP contribution in [-0.4, -0.2) is 48.9 Å². The van der Waals surface area contributed by atoms with Crippen molar-refractivity contribution in [2.24, 2.45) is 5.92 Å². The second-order valence-corrected chi connectivity index (χ2v) is 8.94. The fourth-order valence-corrected chi connectivity index (χ4v) is 4.50. The summed E-state index contributed by atoms with van der Waals surface area (Å²) in [6, 6.07) is 13.1. The molecule has 1 fully saturated rings. The quantitative estimate of drug-likeness (QED) is 0.675. The molecule has 2 aliphatic heterocycles. The van der Waals surface area contributed by atoms with Crippen molar-refractivity contribution in [1.29, 1.82) is 0 Å². The maximum Gasteiger partial charge on any atom is 0.241 e. The summed E-state index contributed by atoms with van der Waals surface area (Å²) in [5, 5.41) is 3.10. The summed E-state index contributed by atoms with van der Waals surface area (Å²) in [5.74, 6) is 1.78. The predicted octanol–water partition coefficient (Wildman–Crippen LogP) is 4.50. The summed E-state index contributed by atoms with van der Waals surface area (Å²) < 4.78 is 11.2. The number of piperidine rings is 1. The van der Waals surface area contributed by atoms with Gasteiger partial charge in [-0.05, 0) is 68.6 Å². The standard InChI is InChI=1S/C26H32N2O4/c1-17(2)21-6-4-5-7-22(21)27-26(30)18(3)28-12-10-19(11-13-28)25(29)20-8-9-23-24(16-20)32-15-14-31-23/h4-9,16-19H,10-15H2,1-3H3,(H,27,30)/t18-/m1/s1. The fraction of sp³-hybridized carbons (Fsp3) is 0.462. The van der Waals surface area contributed by atoms with E-state index in [1.807, 2.05) is 37.3 Å². The minimum absolute atomic E-state index is 0.00490. The average Bonchev–Trinajstić information content (AvgIpc) is 2.83. The minimum Gasteiger partial charge on any atom is -0.486 e. The third-order valence-electron chi connectivity index (χ3n) is 6.49. The third-order valence-corrected chi connectivity index (χ3v) is 6.49. The molecule has 0 saturated carbocycles. The Morgan fingerprint density at radius 3 is 2.38 bits per heavy atom. The number of para-hydroxylation sites is 1.